The monoisotopic (exact) mass is 209 g/mol. The van der Waals surface area contributed by atoms with E-state index in [1.165, 1.54) is 0 Å². The molecule has 0 aliphatic heterocycles. The Bertz CT molecular complexity index is 211. The van der Waals surface area contributed by atoms with Crippen LogP contribution in [0.3, 0.4) is 0 Å². The van der Waals surface area contributed by atoms with Gasteiger partial charge in [-0.3, -0.25) is 0 Å². The van der Waals surface area contributed by atoms with Crippen LogP contribution in [0.1, 0.15) is 20.3 Å². The first-order valence-electron chi connectivity index (χ1n) is 4.44. The van der Waals surface area contributed by atoms with E-state index in [2.05, 4.69) is 18.6 Å². The maximum Gasteiger partial charge on any atom is 0.208 e. The van der Waals surface area contributed by atoms with Crippen molar-refractivity contribution in [3.8, 4) is 0 Å². The van der Waals surface area contributed by atoms with Crippen LogP contribution in [0.5, 0.6) is 0 Å². The van der Waals surface area contributed by atoms with Crippen LogP contribution in [0, 0.1) is 5.92 Å². The lowest BCUT2D eigenvalue weighted by molar-refractivity contribution is 0.128. The summed E-state index contributed by atoms with van der Waals surface area (Å²) in [4.78, 5) is 0. The summed E-state index contributed by atoms with van der Waals surface area (Å²) in [6, 6.07) is 0. The van der Waals surface area contributed by atoms with Gasteiger partial charge in [0, 0.05) is 13.2 Å². The standard InChI is InChI=1S/C8H19NO3S/c1-8(2)4-6-12-7-5-9-13(3,10)11/h8-9H,4-7H2,1-3H3. The molecule has 0 radical (unpaired) electrons. The van der Waals surface area contributed by atoms with Crippen LogP contribution in [0.2, 0.25) is 0 Å². The van der Waals surface area contributed by atoms with Crippen LogP contribution >= 0.6 is 0 Å². The number of nitrogens with one attached hydrogen (secondary N) is 1. The van der Waals surface area contributed by atoms with Gasteiger partial charge in [-0.2, -0.15) is 0 Å². The molecule has 4 nitrogen and oxygen atoms in total. The van der Waals surface area contributed by atoms with Crippen LogP contribution in [-0.4, -0.2) is 34.4 Å². The molecule has 0 atom stereocenters. The van der Waals surface area contributed by atoms with Gasteiger partial charge in [-0.25, -0.2) is 13.1 Å². The van der Waals surface area contributed by atoms with E-state index in [0.29, 0.717) is 25.7 Å². The summed E-state index contributed by atoms with van der Waals surface area (Å²) >= 11 is 0. The minimum absolute atomic E-state index is 0.358. The summed E-state index contributed by atoms with van der Waals surface area (Å²) in [5.41, 5.74) is 0. The van der Waals surface area contributed by atoms with Crippen molar-refractivity contribution in [3.63, 3.8) is 0 Å². The van der Waals surface area contributed by atoms with Crippen molar-refractivity contribution in [2.75, 3.05) is 26.0 Å². The molecule has 0 aromatic carbocycles. The molecule has 5 heteroatoms. The van der Waals surface area contributed by atoms with Gasteiger partial charge in [0.1, 0.15) is 0 Å². The van der Waals surface area contributed by atoms with E-state index in [1.807, 2.05) is 0 Å². The Morgan fingerprint density at radius 1 is 1.31 bits per heavy atom. The molecule has 0 saturated carbocycles. The Labute approximate surface area is 80.7 Å². The lowest BCUT2D eigenvalue weighted by Gasteiger charge is -2.06. The van der Waals surface area contributed by atoms with Crippen molar-refractivity contribution in [2.24, 2.45) is 5.92 Å². The van der Waals surface area contributed by atoms with Crippen molar-refractivity contribution >= 4 is 10.0 Å². The van der Waals surface area contributed by atoms with Gasteiger partial charge in [0.15, 0.2) is 0 Å². The predicted molar refractivity (Wildman–Crippen MR) is 53.1 cm³/mol. The third-order valence-corrected chi connectivity index (χ3v) is 2.18. The Morgan fingerprint density at radius 3 is 2.38 bits per heavy atom. The molecule has 0 heterocycles. The highest BCUT2D eigenvalue weighted by molar-refractivity contribution is 7.88. The van der Waals surface area contributed by atoms with E-state index in [0.717, 1.165) is 12.7 Å². The highest BCUT2D eigenvalue weighted by Crippen LogP contribution is 1.98. The largest absolute Gasteiger partial charge is 0.380 e. The van der Waals surface area contributed by atoms with Crippen molar-refractivity contribution in [1.29, 1.82) is 0 Å². The second kappa shape index (κ2) is 6.34. The van der Waals surface area contributed by atoms with Gasteiger partial charge in [-0.05, 0) is 12.3 Å². The molecule has 0 spiro atoms. The van der Waals surface area contributed by atoms with Gasteiger partial charge >= 0.3 is 0 Å². The summed E-state index contributed by atoms with van der Waals surface area (Å²) in [5, 5.41) is 0. The fraction of sp³-hybridized carbons (Fsp3) is 1.00. The number of rotatable bonds is 7. The molecule has 0 rings (SSSR count). The van der Waals surface area contributed by atoms with Gasteiger partial charge < -0.3 is 4.74 Å². The average molecular weight is 209 g/mol. The molecule has 0 amide bonds. The summed E-state index contributed by atoms with van der Waals surface area (Å²) in [6.07, 6.45) is 2.15. The number of ether oxygens (including phenoxy) is 1. The summed E-state index contributed by atoms with van der Waals surface area (Å²) in [7, 11) is -3.06. The molecule has 0 fully saturated rings. The van der Waals surface area contributed by atoms with Crippen LogP contribution in [0.4, 0.5) is 0 Å². The quantitative estimate of drug-likeness (QED) is 0.625. The second-order valence-electron chi connectivity index (χ2n) is 3.46. The van der Waals surface area contributed by atoms with Gasteiger partial charge in [0.2, 0.25) is 10.0 Å². The van der Waals surface area contributed by atoms with E-state index in [9.17, 15) is 8.42 Å². The molecule has 0 bridgehead atoms. The van der Waals surface area contributed by atoms with Crippen molar-refractivity contribution in [3.05, 3.63) is 0 Å². The molecule has 0 aliphatic carbocycles. The van der Waals surface area contributed by atoms with Crippen molar-refractivity contribution in [1.82, 2.24) is 4.72 Å². The SMILES string of the molecule is CC(C)CCOCCNS(C)(=O)=O. The molecule has 1 N–H and O–H groups in total. The Hall–Kier alpha value is -0.130. The molecule has 13 heavy (non-hydrogen) atoms. The molecule has 0 aliphatic rings. The van der Waals surface area contributed by atoms with E-state index in [1.54, 1.807) is 0 Å². The highest BCUT2D eigenvalue weighted by atomic mass is 32.2. The average Bonchev–Trinajstić information content (AvgIpc) is 1.93. The third-order valence-electron chi connectivity index (χ3n) is 1.45. The summed E-state index contributed by atoms with van der Waals surface area (Å²) in [6.45, 7) is 5.75. The maximum absolute atomic E-state index is 10.6. The highest BCUT2D eigenvalue weighted by Gasteiger charge is 1.98. The smallest absolute Gasteiger partial charge is 0.208 e. The first-order valence-corrected chi connectivity index (χ1v) is 6.33. The van der Waals surface area contributed by atoms with Crippen LogP contribution in [-0.2, 0) is 14.8 Å². The third kappa shape index (κ3) is 11.9. The molecule has 0 unspecified atom stereocenters. The molecule has 0 aromatic rings. The minimum Gasteiger partial charge on any atom is -0.380 e. The van der Waals surface area contributed by atoms with E-state index < -0.39 is 10.0 Å². The number of hydrogen-bond donors (Lipinski definition) is 1. The Balaban J connectivity index is 3.18. The van der Waals surface area contributed by atoms with E-state index in [4.69, 9.17) is 4.74 Å². The fourth-order valence-corrected chi connectivity index (χ4v) is 1.17. The number of sulfonamides is 1. The zero-order valence-corrected chi connectivity index (χ0v) is 9.36. The molecular formula is C8H19NO3S. The molecular weight excluding hydrogens is 190 g/mol. The number of hydrogen-bond acceptors (Lipinski definition) is 3. The summed E-state index contributed by atoms with van der Waals surface area (Å²) in [5.74, 6) is 0.628. The normalized spacial score (nSPS) is 12.3. The van der Waals surface area contributed by atoms with Crippen LogP contribution in [0.15, 0.2) is 0 Å². The van der Waals surface area contributed by atoms with Crippen LogP contribution < -0.4 is 4.72 Å². The van der Waals surface area contributed by atoms with Gasteiger partial charge in [0.25, 0.3) is 0 Å². The first-order chi connectivity index (χ1) is 5.92. The summed E-state index contributed by atoms with van der Waals surface area (Å²) < 4.78 is 28.8. The zero-order valence-electron chi connectivity index (χ0n) is 8.54. The van der Waals surface area contributed by atoms with Crippen molar-refractivity contribution < 1.29 is 13.2 Å². The molecule has 80 valence electrons. The van der Waals surface area contributed by atoms with Crippen LogP contribution in [0.25, 0.3) is 0 Å². The van der Waals surface area contributed by atoms with Gasteiger partial charge in [-0.1, -0.05) is 13.8 Å². The predicted octanol–water partition coefficient (Wildman–Crippen LogP) is 0.598. The minimum atomic E-state index is -3.06. The maximum atomic E-state index is 10.6. The fourth-order valence-electron chi connectivity index (χ4n) is 0.720. The van der Waals surface area contributed by atoms with Gasteiger partial charge in [-0.15, -0.1) is 0 Å². The van der Waals surface area contributed by atoms with E-state index >= 15 is 0 Å². The lowest BCUT2D eigenvalue weighted by Crippen LogP contribution is -2.26. The zero-order chi connectivity index (χ0) is 10.3. The molecule has 0 aromatic heterocycles. The second-order valence-corrected chi connectivity index (χ2v) is 5.29. The lowest BCUT2D eigenvalue weighted by atomic mass is 10.1. The Morgan fingerprint density at radius 2 is 1.92 bits per heavy atom. The molecule has 0 saturated heterocycles. The first kappa shape index (κ1) is 12.9. The van der Waals surface area contributed by atoms with Crippen molar-refractivity contribution in [2.45, 2.75) is 20.3 Å². The Kier molecular flexibility index (Phi) is 6.28. The van der Waals surface area contributed by atoms with E-state index in [-0.39, 0.29) is 0 Å². The van der Waals surface area contributed by atoms with Gasteiger partial charge in [0.05, 0.1) is 12.9 Å². The topological polar surface area (TPSA) is 55.4 Å².